The number of aromatic nitrogens is 4. The van der Waals surface area contributed by atoms with Crippen molar-refractivity contribution in [2.75, 3.05) is 23.7 Å². The zero-order valence-electron chi connectivity index (χ0n) is 21.4. The molecule has 1 aliphatic carbocycles. The number of nitrogens with zero attached hydrogens (tertiary/aromatic N) is 6. The first-order valence-electron chi connectivity index (χ1n) is 12.5. The van der Waals surface area contributed by atoms with Crippen LogP contribution in [-0.4, -0.2) is 55.8 Å². The zero-order valence-corrected chi connectivity index (χ0v) is 21.4. The number of allylic oxidation sites excluding steroid dienone is 2. The minimum atomic E-state index is -0.453. The van der Waals surface area contributed by atoms with E-state index >= 15 is 0 Å². The summed E-state index contributed by atoms with van der Waals surface area (Å²) in [6.07, 6.45) is 13.5. The molecule has 0 aromatic carbocycles. The molecule has 2 N–H and O–H groups in total. The normalized spacial score (nSPS) is 16.6. The van der Waals surface area contributed by atoms with E-state index in [2.05, 4.69) is 37.6 Å². The van der Waals surface area contributed by atoms with Crippen LogP contribution in [0.3, 0.4) is 0 Å². The van der Waals surface area contributed by atoms with E-state index in [-0.39, 0.29) is 11.6 Å². The van der Waals surface area contributed by atoms with E-state index in [0.717, 1.165) is 43.4 Å². The molecule has 2 aromatic heterocycles. The van der Waals surface area contributed by atoms with Crippen LogP contribution in [0, 0.1) is 0 Å². The number of amides is 2. The number of aryl methyl sites for hydroxylation is 1. The van der Waals surface area contributed by atoms with Crippen molar-refractivity contribution in [2.24, 2.45) is 12.0 Å². The molecule has 36 heavy (non-hydrogen) atoms. The molecule has 4 rings (SSSR count). The van der Waals surface area contributed by atoms with Gasteiger partial charge in [-0.25, -0.2) is 9.97 Å². The summed E-state index contributed by atoms with van der Waals surface area (Å²) < 4.78 is 1.50. The first-order valence-corrected chi connectivity index (χ1v) is 12.5. The highest BCUT2D eigenvalue weighted by Gasteiger charge is 2.29. The van der Waals surface area contributed by atoms with E-state index in [1.807, 2.05) is 19.9 Å². The van der Waals surface area contributed by atoms with Gasteiger partial charge in [-0.05, 0) is 52.0 Å². The van der Waals surface area contributed by atoms with Crippen molar-refractivity contribution in [3.63, 3.8) is 0 Å². The van der Waals surface area contributed by atoms with Gasteiger partial charge < -0.3 is 15.5 Å². The Morgan fingerprint density at radius 3 is 2.61 bits per heavy atom. The quantitative estimate of drug-likeness (QED) is 0.400. The summed E-state index contributed by atoms with van der Waals surface area (Å²) in [4.78, 5) is 41.9. The van der Waals surface area contributed by atoms with E-state index in [1.165, 1.54) is 10.9 Å². The lowest BCUT2D eigenvalue weighted by Gasteiger charge is -2.17. The monoisotopic (exact) mass is 490 g/mol. The second-order valence-electron chi connectivity index (χ2n) is 9.21. The summed E-state index contributed by atoms with van der Waals surface area (Å²) >= 11 is 0. The molecule has 0 radical (unpaired) electrons. The molecule has 2 amide bonds. The highest BCUT2D eigenvalue weighted by atomic mass is 16.2. The summed E-state index contributed by atoms with van der Waals surface area (Å²) in [5, 5.41) is 10.3. The van der Waals surface area contributed by atoms with Gasteiger partial charge >= 0.3 is 0 Å². The van der Waals surface area contributed by atoms with E-state index in [9.17, 15) is 9.59 Å². The molecule has 0 spiro atoms. The molecule has 1 aliphatic heterocycles. The smallest absolute Gasteiger partial charge is 0.278 e. The lowest BCUT2D eigenvalue weighted by atomic mass is 10.2. The number of carbonyl (C=O) groups is 2. The maximum Gasteiger partial charge on any atom is 0.278 e. The van der Waals surface area contributed by atoms with Gasteiger partial charge in [0.1, 0.15) is 5.69 Å². The Morgan fingerprint density at radius 1 is 1.19 bits per heavy atom. The molecule has 10 nitrogen and oxygen atoms in total. The molecule has 1 saturated heterocycles. The Bertz CT molecular complexity index is 1220. The van der Waals surface area contributed by atoms with Crippen LogP contribution in [0.5, 0.6) is 0 Å². The van der Waals surface area contributed by atoms with Gasteiger partial charge in [-0.3, -0.25) is 19.3 Å². The first-order chi connectivity index (χ1) is 17.4. The molecule has 2 aromatic rings. The van der Waals surface area contributed by atoms with Crippen molar-refractivity contribution in [1.29, 1.82) is 0 Å². The van der Waals surface area contributed by atoms with Gasteiger partial charge in [0.2, 0.25) is 0 Å². The molecule has 3 heterocycles. The van der Waals surface area contributed by atoms with Crippen molar-refractivity contribution < 1.29 is 9.59 Å². The minimum absolute atomic E-state index is 0.137. The number of rotatable bonds is 9. The van der Waals surface area contributed by atoms with Crippen LogP contribution >= 0.6 is 0 Å². The van der Waals surface area contributed by atoms with Crippen molar-refractivity contribution in [3.05, 3.63) is 53.0 Å². The molecule has 0 bridgehead atoms. The molecular formula is C26H34N8O2. The molecule has 0 atom stereocenters. The summed E-state index contributed by atoms with van der Waals surface area (Å²) in [6.45, 7) is 7.36. The third kappa shape index (κ3) is 5.87. The third-order valence-corrected chi connectivity index (χ3v) is 6.37. The molecule has 10 heteroatoms. The molecule has 1 saturated carbocycles. The number of hydrogen-bond acceptors (Lipinski definition) is 7. The Balaban J connectivity index is 1.65. The summed E-state index contributed by atoms with van der Waals surface area (Å²) in [6, 6.07) is 0. The fourth-order valence-corrected chi connectivity index (χ4v) is 4.03. The van der Waals surface area contributed by atoms with Crippen LogP contribution < -0.4 is 10.6 Å². The number of aliphatic imine (C=N–C) groups is 1. The van der Waals surface area contributed by atoms with Crippen LogP contribution in [0.1, 0.15) is 85.5 Å². The topological polar surface area (TPSA) is 117 Å². The number of carbonyl (C=O) groups excluding carboxylic acids is 2. The SMILES string of the molecule is C\C=N/C=C(\C=C(/C)CC)Nc1ncc(C2CC2)nc1C(=O)Nc1cnn(C)c1C(=O)N1CCCC1. The van der Waals surface area contributed by atoms with Gasteiger partial charge in [0.15, 0.2) is 11.5 Å². The van der Waals surface area contributed by atoms with Crippen molar-refractivity contribution in [2.45, 2.75) is 58.8 Å². The van der Waals surface area contributed by atoms with Crippen LogP contribution in [0.25, 0.3) is 0 Å². The second kappa shape index (κ2) is 11.3. The molecule has 2 aliphatic rings. The summed E-state index contributed by atoms with van der Waals surface area (Å²) in [5.41, 5.74) is 3.51. The molecule has 190 valence electrons. The van der Waals surface area contributed by atoms with Gasteiger partial charge in [-0.15, -0.1) is 0 Å². The highest BCUT2D eigenvalue weighted by molar-refractivity contribution is 6.09. The van der Waals surface area contributed by atoms with E-state index < -0.39 is 5.91 Å². The lowest BCUT2D eigenvalue weighted by Crippen LogP contribution is -2.30. The first kappa shape index (κ1) is 25.3. The second-order valence-corrected chi connectivity index (χ2v) is 9.21. The maximum absolute atomic E-state index is 13.5. The van der Waals surface area contributed by atoms with Crippen molar-refractivity contribution in [1.82, 2.24) is 24.6 Å². The van der Waals surface area contributed by atoms with Crippen molar-refractivity contribution >= 4 is 29.5 Å². The fourth-order valence-electron chi connectivity index (χ4n) is 4.03. The predicted molar refractivity (Wildman–Crippen MR) is 140 cm³/mol. The van der Waals surface area contributed by atoms with Gasteiger partial charge in [-0.2, -0.15) is 5.10 Å². The van der Waals surface area contributed by atoms with Gasteiger partial charge in [-0.1, -0.05) is 12.5 Å². The third-order valence-electron chi connectivity index (χ3n) is 6.37. The predicted octanol–water partition coefficient (Wildman–Crippen LogP) is 4.28. The molecule has 0 unspecified atom stereocenters. The number of anilines is 2. The lowest BCUT2D eigenvalue weighted by molar-refractivity contribution is 0.0783. The van der Waals surface area contributed by atoms with Crippen LogP contribution in [0.2, 0.25) is 0 Å². The van der Waals surface area contributed by atoms with Crippen LogP contribution in [0.15, 0.2) is 40.9 Å². The fraction of sp³-hybridized carbons (Fsp3) is 0.462. The van der Waals surface area contributed by atoms with Crippen molar-refractivity contribution in [3.8, 4) is 0 Å². The van der Waals surface area contributed by atoms with Crippen LogP contribution in [0.4, 0.5) is 11.5 Å². The number of nitrogens with one attached hydrogen (secondary N) is 2. The standard InChI is InChI=1S/C26H34N8O2/c1-5-17(3)13-19(14-27-6-2)30-24-22(31-20(15-28-24)18-9-10-18)25(35)32-21-16-29-33(4)23(21)26(36)34-11-7-8-12-34/h6,13-16,18H,5,7-12H2,1-4H3,(H,28,30)(H,32,35)/b17-13+,19-14+,27-6-. The highest BCUT2D eigenvalue weighted by Crippen LogP contribution is 2.39. The zero-order chi connectivity index (χ0) is 25.7. The summed E-state index contributed by atoms with van der Waals surface area (Å²) in [7, 11) is 1.70. The Labute approximate surface area is 211 Å². The minimum Gasteiger partial charge on any atom is -0.337 e. The summed E-state index contributed by atoms with van der Waals surface area (Å²) in [5.74, 6) is 0.0592. The molecular weight excluding hydrogens is 456 g/mol. The van der Waals surface area contributed by atoms with Gasteiger partial charge in [0, 0.05) is 38.5 Å². The van der Waals surface area contributed by atoms with Gasteiger partial charge in [0.05, 0.1) is 29.5 Å². The number of hydrogen-bond donors (Lipinski definition) is 2. The number of likely N-dealkylation sites (tertiary alicyclic amines) is 1. The Morgan fingerprint density at radius 2 is 1.94 bits per heavy atom. The van der Waals surface area contributed by atoms with Crippen LogP contribution in [-0.2, 0) is 7.05 Å². The Kier molecular flexibility index (Phi) is 7.92. The van der Waals surface area contributed by atoms with E-state index in [4.69, 9.17) is 0 Å². The average Bonchev–Trinajstić information content (AvgIpc) is 3.45. The van der Waals surface area contributed by atoms with E-state index in [0.29, 0.717) is 41.9 Å². The maximum atomic E-state index is 13.5. The average molecular weight is 491 g/mol. The molecule has 2 fully saturated rings. The Hall–Kier alpha value is -3.82. The largest absolute Gasteiger partial charge is 0.337 e. The van der Waals surface area contributed by atoms with E-state index in [1.54, 1.807) is 30.6 Å². The van der Waals surface area contributed by atoms with Gasteiger partial charge in [0.25, 0.3) is 11.8 Å².